The van der Waals surface area contributed by atoms with Crippen LogP contribution in [0.15, 0.2) is 57.9 Å². The van der Waals surface area contributed by atoms with Crippen LogP contribution in [0.25, 0.3) is 11.4 Å². The molecule has 0 radical (unpaired) electrons. The molecule has 1 aliphatic heterocycles. The largest absolute Gasteiger partial charge is 0.376 e. The van der Waals surface area contributed by atoms with Crippen LogP contribution in [0.4, 0.5) is 5.69 Å². The van der Waals surface area contributed by atoms with Crippen LogP contribution in [0.2, 0.25) is 0 Å². The molecule has 3 aromatic rings. The van der Waals surface area contributed by atoms with Crippen molar-refractivity contribution in [3.05, 3.63) is 60.0 Å². The Morgan fingerprint density at radius 1 is 0.967 bits per heavy atom. The number of aryl methyl sites for hydroxylation is 1. The highest BCUT2D eigenvalue weighted by Gasteiger charge is 2.24. The van der Waals surface area contributed by atoms with Crippen LogP contribution in [-0.2, 0) is 16.6 Å². The summed E-state index contributed by atoms with van der Waals surface area (Å²) in [6.07, 6.45) is 4.04. The van der Waals surface area contributed by atoms with Gasteiger partial charge in [0.25, 0.3) is 0 Å². The number of rotatable bonds is 6. The molecule has 1 aliphatic rings. The smallest absolute Gasteiger partial charge is 0.246 e. The van der Waals surface area contributed by atoms with E-state index in [1.54, 1.807) is 28.6 Å². The Bertz CT molecular complexity index is 1070. The average molecular weight is 427 g/mol. The molecule has 30 heavy (non-hydrogen) atoms. The van der Waals surface area contributed by atoms with Crippen molar-refractivity contribution in [3.63, 3.8) is 0 Å². The van der Waals surface area contributed by atoms with E-state index < -0.39 is 10.0 Å². The monoisotopic (exact) mass is 426 g/mol. The molecule has 1 N–H and O–H groups in total. The highest BCUT2D eigenvalue weighted by Crippen LogP contribution is 2.22. The molecule has 0 amide bonds. The zero-order valence-electron chi connectivity index (χ0n) is 17.0. The maximum Gasteiger partial charge on any atom is 0.246 e. The first-order valence-electron chi connectivity index (χ1n) is 10.3. The molecule has 0 aliphatic carbocycles. The summed E-state index contributed by atoms with van der Waals surface area (Å²) < 4.78 is 32.6. The van der Waals surface area contributed by atoms with Crippen LogP contribution >= 0.6 is 0 Å². The van der Waals surface area contributed by atoms with Gasteiger partial charge in [-0.25, -0.2) is 8.42 Å². The molecule has 8 heteroatoms. The van der Waals surface area contributed by atoms with Crippen molar-refractivity contribution in [1.29, 1.82) is 0 Å². The number of anilines is 1. The lowest BCUT2D eigenvalue weighted by atomic mass is 10.1. The van der Waals surface area contributed by atoms with E-state index in [0.717, 1.165) is 36.9 Å². The van der Waals surface area contributed by atoms with Gasteiger partial charge in [0.1, 0.15) is 0 Å². The minimum Gasteiger partial charge on any atom is -0.376 e. The van der Waals surface area contributed by atoms with Crippen LogP contribution in [0, 0.1) is 6.92 Å². The van der Waals surface area contributed by atoms with Gasteiger partial charge in [-0.05, 0) is 44.0 Å². The van der Waals surface area contributed by atoms with E-state index >= 15 is 0 Å². The fourth-order valence-electron chi connectivity index (χ4n) is 3.50. The number of sulfonamides is 1. The van der Waals surface area contributed by atoms with E-state index in [1.807, 2.05) is 31.2 Å². The summed E-state index contributed by atoms with van der Waals surface area (Å²) in [4.78, 5) is 4.74. The molecule has 0 unspecified atom stereocenters. The molecule has 0 atom stereocenters. The maximum absolute atomic E-state index is 12.9. The predicted molar refractivity (Wildman–Crippen MR) is 115 cm³/mol. The number of hydrogen-bond acceptors (Lipinski definition) is 6. The van der Waals surface area contributed by atoms with Gasteiger partial charge in [0.15, 0.2) is 0 Å². The second kappa shape index (κ2) is 8.97. The highest BCUT2D eigenvalue weighted by molar-refractivity contribution is 7.89. The van der Waals surface area contributed by atoms with Crippen LogP contribution in [0.1, 0.15) is 37.1 Å². The van der Waals surface area contributed by atoms with Crippen LogP contribution in [-0.4, -0.2) is 36.0 Å². The molecule has 2 aromatic carbocycles. The van der Waals surface area contributed by atoms with Gasteiger partial charge in [0.05, 0.1) is 11.4 Å². The standard InChI is InChI=1S/C22H26N4O3S/c1-17-6-8-18(9-7-17)22-24-21(29-25-22)16-23-19-10-12-20(13-11-19)30(27,28)26-14-4-2-3-5-15-26/h6-13,23H,2-5,14-16H2,1H3. The van der Waals surface area contributed by atoms with Crippen molar-refractivity contribution in [2.24, 2.45) is 0 Å². The average Bonchev–Trinajstić information content (AvgIpc) is 3.05. The van der Waals surface area contributed by atoms with E-state index in [9.17, 15) is 8.42 Å². The fourth-order valence-corrected chi connectivity index (χ4v) is 5.02. The molecule has 1 aromatic heterocycles. The van der Waals surface area contributed by atoms with Crippen molar-refractivity contribution >= 4 is 15.7 Å². The second-order valence-corrected chi connectivity index (χ2v) is 9.51. The first-order chi connectivity index (χ1) is 14.5. The van der Waals surface area contributed by atoms with E-state index in [0.29, 0.717) is 36.2 Å². The van der Waals surface area contributed by atoms with Gasteiger partial charge < -0.3 is 9.84 Å². The fraction of sp³-hybridized carbons (Fsp3) is 0.364. The molecule has 2 heterocycles. The van der Waals surface area contributed by atoms with Crippen LogP contribution in [0.5, 0.6) is 0 Å². The molecule has 7 nitrogen and oxygen atoms in total. The summed E-state index contributed by atoms with van der Waals surface area (Å²) in [6, 6.07) is 14.8. The summed E-state index contributed by atoms with van der Waals surface area (Å²) in [5.74, 6) is 1.01. The number of nitrogens with one attached hydrogen (secondary N) is 1. The van der Waals surface area contributed by atoms with E-state index in [2.05, 4.69) is 15.5 Å². The van der Waals surface area contributed by atoms with Crippen molar-refractivity contribution in [1.82, 2.24) is 14.4 Å². The molecule has 0 bridgehead atoms. The topological polar surface area (TPSA) is 88.3 Å². The minimum absolute atomic E-state index is 0.328. The molecule has 0 spiro atoms. The summed E-state index contributed by atoms with van der Waals surface area (Å²) in [6.45, 7) is 3.59. The van der Waals surface area contributed by atoms with Gasteiger partial charge in [-0.3, -0.25) is 0 Å². The Morgan fingerprint density at radius 2 is 1.63 bits per heavy atom. The summed E-state index contributed by atoms with van der Waals surface area (Å²) in [5.41, 5.74) is 2.86. The normalized spacial score (nSPS) is 15.6. The zero-order valence-corrected chi connectivity index (χ0v) is 17.9. The quantitative estimate of drug-likeness (QED) is 0.635. The zero-order chi connectivity index (χ0) is 21.0. The molecule has 158 valence electrons. The molecule has 1 fully saturated rings. The third-order valence-corrected chi connectivity index (χ3v) is 7.19. The van der Waals surface area contributed by atoms with Crippen molar-refractivity contribution in [3.8, 4) is 11.4 Å². The van der Waals surface area contributed by atoms with Crippen molar-refractivity contribution in [2.75, 3.05) is 18.4 Å². The second-order valence-electron chi connectivity index (χ2n) is 7.57. The van der Waals surface area contributed by atoms with Crippen LogP contribution in [0.3, 0.4) is 0 Å². The van der Waals surface area contributed by atoms with Gasteiger partial charge in [-0.2, -0.15) is 9.29 Å². The lowest BCUT2D eigenvalue weighted by Crippen LogP contribution is -2.31. The lowest BCUT2D eigenvalue weighted by Gasteiger charge is -2.20. The molecule has 4 rings (SSSR count). The minimum atomic E-state index is -3.43. The highest BCUT2D eigenvalue weighted by atomic mass is 32.2. The third-order valence-electron chi connectivity index (χ3n) is 5.28. The number of nitrogens with zero attached hydrogens (tertiary/aromatic N) is 3. The Morgan fingerprint density at radius 3 is 2.30 bits per heavy atom. The maximum atomic E-state index is 12.9. The Balaban J connectivity index is 1.39. The molecule has 0 saturated carbocycles. The van der Waals surface area contributed by atoms with E-state index in [4.69, 9.17) is 4.52 Å². The van der Waals surface area contributed by atoms with E-state index in [-0.39, 0.29) is 0 Å². The number of aromatic nitrogens is 2. The van der Waals surface area contributed by atoms with Gasteiger partial charge in [0.2, 0.25) is 21.7 Å². The Hall–Kier alpha value is -2.71. The predicted octanol–water partition coefficient (Wildman–Crippen LogP) is 4.22. The summed E-state index contributed by atoms with van der Waals surface area (Å²) >= 11 is 0. The van der Waals surface area contributed by atoms with Crippen molar-refractivity contribution < 1.29 is 12.9 Å². The van der Waals surface area contributed by atoms with Gasteiger partial charge >= 0.3 is 0 Å². The molecule has 1 saturated heterocycles. The van der Waals surface area contributed by atoms with Crippen molar-refractivity contribution in [2.45, 2.75) is 44.0 Å². The van der Waals surface area contributed by atoms with Gasteiger partial charge in [-0.1, -0.05) is 47.8 Å². The SMILES string of the molecule is Cc1ccc(-c2noc(CNc3ccc(S(=O)(=O)N4CCCCCC4)cc3)n2)cc1. The summed E-state index contributed by atoms with van der Waals surface area (Å²) in [5, 5.41) is 7.22. The Kier molecular flexibility index (Phi) is 6.15. The van der Waals surface area contributed by atoms with Gasteiger partial charge in [0, 0.05) is 24.3 Å². The first-order valence-corrected chi connectivity index (χ1v) is 11.7. The van der Waals surface area contributed by atoms with Crippen LogP contribution < -0.4 is 5.32 Å². The van der Waals surface area contributed by atoms with Gasteiger partial charge in [-0.15, -0.1) is 0 Å². The third kappa shape index (κ3) is 4.71. The van der Waals surface area contributed by atoms with E-state index in [1.165, 1.54) is 5.56 Å². The Labute approximate surface area is 177 Å². The first kappa shape index (κ1) is 20.6. The number of hydrogen-bond donors (Lipinski definition) is 1. The lowest BCUT2D eigenvalue weighted by molar-refractivity contribution is 0.384. The molecular weight excluding hydrogens is 400 g/mol. The number of benzene rings is 2. The molecular formula is C22H26N4O3S. The summed E-state index contributed by atoms with van der Waals surface area (Å²) in [7, 11) is -3.43.